The Hall–Kier alpha value is -0.523. The molecule has 1 nitrogen and oxygen atoms in total. The van der Waals surface area contributed by atoms with Gasteiger partial charge in [-0.3, -0.25) is 0 Å². The number of hydrogen-bond acceptors (Lipinski definition) is 1. The highest BCUT2D eigenvalue weighted by Crippen LogP contribution is 2.35. The average molecular weight is 224 g/mol. The summed E-state index contributed by atoms with van der Waals surface area (Å²) in [5, 5.41) is 10.1. The molecule has 1 unspecified atom stereocenters. The second-order valence-corrected chi connectivity index (χ2v) is 10.8. The molecule has 0 bridgehead atoms. The Balaban J connectivity index is 4.96. The molecular weight excluding hydrogens is 200 g/mol. The molecule has 15 heavy (non-hydrogen) atoms. The number of hydrogen-bond donors (Lipinski definition) is 1. The zero-order valence-electron chi connectivity index (χ0n) is 11.1. The van der Waals surface area contributed by atoms with Gasteiger partial charge in [-0.25, -0.2) is 0 Å². The summed E-state index contributed by atoms with van der Waals surface area (Å²) in [4.78, 5) is 0. The molecule has 0 aliphatic heterocycles. The lowest BCUT2D eigenvalue weighted by Crippen LogP contribution is -2.36. The second-order valence-electron chi connectivity index (χ2n) is 5.77. The summed E-state index contributed by atoms with van der Waals surface area (Å²) >= 11 is 0. The van der Waals surface area contributed by atoms with Gasteiger partial charge in [-0.2, -0.15) is 0 Å². The molecule has 2 heteroatoms. The summed E-state index contributed by atoms with van der Waals surface area (Å²) < 4.78 is 0. The molecular formula is C13H24OSi. The van der Waals surface area contributed by atoms with Crippen molar-refractivity contribution in [3.8, 4) is 11.5 Å². The first-order chi connectivity index (χ1) is 6.52. The van der Waals surface area contributed by atoms with E-state index < -0.39 is 13.7 Å². The number of rotatable bonds is 1. The predicted octanol–water partition coefficient (Wildman–Crippen LogP) is 3.36. The monoisotopic (exact) mass is 224 g/mol. The number of aliphatic hydroxyl groups is 1. The van der Waals surface area contributed by atoms with Crippen molar-refractivity contribution in [1.29, 1.82) is 0 Å². The normalized spacial score (nSPS) is 17.1. The molecule has 0 saturated heterocycles. The molecule has 0 aliphatic carbocycles. The molecule has 1 N–H and O–H groups in total. The molecule has 0 aliphatic rings. The molecule has 86 valence electrons. The van der Waals surface area contributed by atoms with Crippen molar-refractivity contribution in [3.63, 3.8) is 0 Å². The van der Waals surface area contributed by atoms with Crippen molar-refractivity contribution >= 4 is 8.07 Å². The van der Waals surface area contributed by atoms with Crippen molar-refractivity contribution in [2.24, 2.45) is 0 Å². The topological polar surface area (TPSA) is 20.2 Å². The van der Waals surface area contributed by atoms with Crippen LogP contribution >= 0.6 is 0 Å². The van der Waals surface area contributed by atoms with Gasteiger partial charge in [0.1, 0.15) is 13.7 Å². The third-order valence-corrected chi connectivity index (χ3v) is 7.49. The van der Waals surface area contributed by atoms with Gasteiger partial charge < -0.3 is 5.11 Å². The second kappa shape index (κ2) is 4.55. The molecule has 0 aromatic carbocycles. The lowest BCUT2D eigenvalue weighted by molar-refractivity contribution is 0.174. The molecule has 0 rings (SSSR count). The Labute approximate surface area is 95.6 Å². The van der Waals surface area contributed by atoms with E-state index in [1.165, 1.54) is 0 Å². The van der Waals surface area contributed by atoms with E-state index in [1.807, 2.05) is 13.0 Å². The average Bonchev–Trinajstić information content (AvgIpc) is 1.99. The Morgan fingerprint density at radius 2 is 1.60 bits per heavy atom. The first kappa shape index (κ1) is 14.5. The van der Waals surface area contributed by atoms with Crippen LogP contribution in [0, 0.1) is 11.5 Å². The molecule has 0 fully saturated rings. The molecule has 0 aromatic rings. The van der Waals surface area contributed by atoms with Crippen molar-refractivity contribution in [2.45, 2.75) is 58.4 Å². The predicted molar refractivity (Wildman–Crippen MR) is 70.4 cm³/mol. The fraction of sp³-hybridized carbons (Fsp3) is 0.692. The molecule has 0 amide bonds. The Morgan fingerprint density at radius 1 is 1.13 bits per heavy atom. The first-order valence-electron chi connectivity index (χ1n) is 5.42. The van der Waals surface area contributed by atoms with Crippen LogP contribution in [0.3, 0.4) is 0 Å². The zero-order valence-corrected chi connectivity index (χ0v) is 12.1. The smallest absolute Gasteiger partial charge is 0.140 e. The highest BCUT2D eigenvalue weighted by Gasteiger charge is 2.34. The molecule has 0 radical (unpaired) electrons. The van der Waals surface area contributed by atoms with Gasteiger partial charge in [-0.15, -0.1) is 5.54 Å². The van der Waals surface area contributed by atoms with Gasteiger partial charge in [0.15, 0.2) is 0 Å². The van der Waals surface area contributed by atoms with E-state index in [0.717, 1.165) is 0 Å². The van der Waals surface area contributed by atoms with E-state index in [4.69, 9.17) is 0 Å². The molecule has 0 spiro atoms. The van der Waals surface area contributed by atoms with Gasteiger partial charge in [0.2, 0.25) is 0 Å². The number of allylic oxidation sites excluding steroid dienone is 1. The Bertz CT molecular complexity index is 295. The third-order valence-electron chi connectivity index (χ3n) is 2.99. The van der Waals surface area contributed by atoms with E-state index >= 15 is 0 Å². The van der Waals surface area contributed by atoms with Crippen LogP contribution in [-0.4, -0.2) is 18.8 Å². The van der Waals surface area contributed by atoms with E-state index in [0.29, 0.717) is 0 Å². The summed E-state index contributed by atoms with van der Waals surface area (Å²) in [6.07, 6.45) is 3.56. The van der Waals surface area contributed by atoms with E-state index in [2.05, 4.69) is 45.3 Å². The minimum absolute atomic E-state index is 0.242. The highest BCUT2D eigenvalue weighted by molar-refractivity contribution is 6.87. The quantitative estimate of drug-likeness (QED) is 0.411. The van der Waals surface area contributed by atoms with Gasteiger partial charge in [0.25, 0.3) is 0 Å². The lowest BCUT2D eigenvalue weighted by Gasteiger charge is -2.32. The maximum Gasteiger partial charge on any atom is 0.140 e. The van der Waals surface area contributed by atoms with Crippen LogP contribution in [0.15, 0.2) is 12.2 Å². The third kappa shape index (κ3) is 4.68. The van der Waals surface area contributed by atoms with E-state index in [-0.39, 0.29) is 5.04 Å². The molecule has 0 aromatic heterocycles. The van der Waals surface area contributed by atoms with Crippen LogP contribution in [-0.2, 0) is 0 Å². The van der Waals surface area contributed by atoms with E-state index in [9.17, 15) is 5.11 Å². The summed E-state index contributed by atoms with van der Waals surface area (Å²) in [5.74, 6) is 2.99. The zero-order chi connectivity index (χ0) is 12.3. The van der Waals surface area contributed by atoms with Crippen molar-refractivity contribution in [1.82, 2.24) is 0 Å². The SMILES string of the molecule is C/C=C/C(C)(O)C#C[Si](C)(C)C(C)(C)C. The minimum Gasteiger partial charge on any atom is -0.374 e. The van der Waals surface area contributed by atoms with Gasteiger partial charge >= 0.3 is 0 Å². The van der Waals surface area contributed by atoms with Crippen LogP contribution in [0.2, 0.25) is 18.1 Å². The largest absolute Gasteiger partial charge is 0.374 e. The standard InChI is InChI=1S/C13H24OSi/c1-8-9-13(5,14)10-11-15(6,7)12(2,3)4/h8-9,14H,1-7H3/b9-8+. The lowest BCUT2D eigenvalue weighted by atomic mass is 10.1. The van der Waals surface area contributed by atoms with Crippen LogP contribution in [0.1, 0.15) is 34.6 Å². The van der Waals surface area contributed by atoms with Crippen LogP contribution in [0.25, 0.3) is 0 Å². The Morgan fingerprint density at radius 3 is 1.93 bits per heavy atom. The maximum atomic E-state index is 9.91. The van der Waals surface area contributed by atoms with Gasteiger partial charge in [0.05, 0.1) is 0 Å². The summed E-state index contributed by atoms with van der Waals surface area (Å²) in [6.45, 7) is 14.8. The fourth-order valence-corrected chi connectivity index (χ4v) is 1.78. The van der Waals surface area contributed by atoms with Crippen molar-refractivity contribution in [2.75, 3.05) is 0 Å². The van der Waals surface area contributed by atoms with E-state index in [1.54, 1.807) is 13.0 Å². The van der Waals surface area contributed by atoms with Crippen LogP contribution in [0.4, 0.5) is 0 Å². The van der Waals surface area contributed by atoms with Crippen LogP contribution in [0.5, 0.6) is 0 Å². The summed E-state index contributed by atoms with van der Waals surface area (Å²) in [7, 11) is -1.60. The van der Waals surface area contributed by atoms with Gasteiger partial charge in [-0.05, 0) is 25.0 Å². The maximum absolute atomic E-state index is 9.91. The molecule has 0 saturated carbocycles. The molecule has 1 atom stereocenters. The minimum atomic E-state index is -1.60. The summed E-state index contributed by atoms with van der Waals surface area (Å²) in [6, 6.07) is 0. The Kier molecular flexibility index (Phi) is 4.39. The fourth-order valence-electron chi connectivity index (χ4n) is 0.836. The highest BCUT2D eigenvalue weighted by atomic mass is 28.3. The summed E-state index contributed by atoms with van der Waals surface area (Å²) in [5.41, 5.74) is 2.33. The van der Waals surface area contributed by atoms with Gasteiger partial charge in [0, 0.05) is 0 Å². The van der Waals surface area contributed by atoms with Crippen molar-refractivity contribution in [3.05, 3.63) is 12.2 Å². The van der Waals surface area contributed by atoms with Crippen LogP contribution < -0.4 is 0 Å². The first-order valence-corrected chi connectivity index (χ1v) is 8.42. The van der Waals surface area contributed by atoms with Crippen molar-refractivity contribution < 1.29 is 5.11 Å². The van der Waals surface area contributed by atoms with Gasteiger partial charge in [-0.1, -0.05) is 45.9 Å². The molecule has 0 heterocycles.